The molecule has 0 bridgehead atoms. The fourth-order valence-corrected chi connectivity index (χ4v) is 6.20. The average Bonchev–Trinajstić information content (AvgIpc) is 2.84. The van der Waals surface area contributed by atoms with Crippen molar-refractivity contribution in [1.29, 1.82) is 0 Å². The summed E-state index contributed by atoms with van der Waals surface area (Å²) in [5, 5.41) is 0.645. The summed E-state index contributed by atoms with van der Waals surface area (Å²) in [5.74, 6) is 0.0233. The quantitative estimate of drug-likeness (QED) is 0.701. The second-order valence-electron chi connectivity index (χ2n) is 5.65. The van der Waals surface area contributed by atoms with Gasteiger partial charge in [0.15, 0.2) is 0 Å². The van der Waals surface area contributed by atoms with Crippen LogP contribution in [0.2, 0.25) is 10.0 Å². The van der Waals surface area contributed by atoms with Crippen molar-refractivity contribution >= 4 is 45.0 Å². The van der Waals surface area contributed by atoms with E-state index >= 15 is 0 Å². The molecule has 0 saturated carbocycles. The van der Waals surface area contributed by atoms with Crippen molar-refractivity contribution in [2.45, 2.75) is 16.6 Å². The minimum atomic E-state index is -3.70. The number of hydrogen-bond donors (Lipinski definition) is 0. The van der Waals surface area contributed by atoms with Gasteiger partial charge in [-0.3, -0.25) is 0 Å². The van der Waals surface area contributed by atoms with Gasteiger partial charge in [-0.2, -0.15) is 16.1 Å². The van der Waals surface area contributed by atoms with Gasteiger partial charge < -0.3 is 0 Å². The smallest absolute Gasteiger partial charge is 0.207 e. The lowest BCUT2D eigenvalue weighted by molar-refractivity contribution is 0.428. The third-order valence-corrected chi connectivity index (χ3v) is 7.92. The van der Waals surface area contributed by atoms with Crippen LogP contribution in [0.4, 0.5) is 4.39 Å². The standard InChI is InChI=1S/C17H16Cl2FNO2S2/c18-14-4-2-1-3-13(14)17-7-8-21(9-10-24-17)25(22,23)12-5-6-16(20)15(19)11-12/h1-6,11,17H,7-10H2. The van der Waals surface area contributed by atoms with Gasteiger partial charge in [0.05, 0.1) is 9.92 Å². The Balaban J connectivity index is 1.80. The van der Waals surface area contributed by atoms with Crippen molar-refractivity contribution in [3.05, 3.63) is 63.9 Å². The van der Waals surface area contributed by atoms with E-state index in [1.54, 1.807) is 11.8 Å². The predicted molar refractivity (Wildman–Crippen MR) is 101 cm³/mol. The molecule has 25 heavy (non-hydrogen) atoms. The molecule has 1 heterocycles. The Labute approximate surface area is 161 Å². The topological polar surface area (TPSA) is 37.4 Å². The number of halogens is 3. The summed E-state index contributed by atoms with van der Waals surface area (Å²) >= 11 is 13.7. The van der Waals surface area contributed by atoms with Crippen molar-refractivity contribution in [2.75, 3.05) is 18.8 Å². The maximum absolute atomic E-state index is 13.3. The van der Waals surface area contributed by atoms with Crippen LogP contribution in [0.25, 0.3) is 0 Å². The van der Waals surface area contributed by atoms with Crippen LogP contribution in [0.15, 0.2) is 47.4 Å². The van der Waals surface area contributed by atoms with Crippen LogP contribution in [-0.2, 0) is 10.0 Å². The first-order valence-electron chi connectivity index (χ1n) is 7.71. The second-order valence-corrected chi connectivity index (χ2v) is 9.71. The normalized spacial score (nSPS) is 19.6. The van der Waals surface area contributed by atoms with Gasteiger partial charge in [-0.25, -0.2) is 12.8 Å². The molecule has 3 nitrogen and oxygen atoms in total. The number of hydrogen-bond acceptors (Lipinski definition) is 3. The van der Waals surface area contributed by atoms with Gasteiger partial charge in [-0.1, -0.05) is 41.4 Å². The number of sulfonamides is 1. The van der Waals surface area contributed by atoms with Gasteiger partial charge in [0.1, 0.15) is 5.82 Å². The summed E-state index contributed by atoms with van der Waals surface area (Å²) in [4.78, 5) is 0.0140. The van der Waals surface area contributed by atoms with Crippen molar-refractivity contribution in [3.63, 3.8) is 0 Å². The van der Waals surface area contributed by atoms with E-state index in [4.69, 9.17) is 23.2 Å². The summed E-state index contributed by atoms with van der Waals surface area (Å²) in [6.07, 6.45) is 0.655. The molecule has 134 valence electrons. The Kier molecular flexibility index (Phi) is 5.96. The molecule has 1 aliphatic heterocycles. The maximum Gasteiger partial charge on any atom is 0.243 e. The first-order valence-corrected chi connectivity index (χ1v) is 11.0. The fraction of sp³-hybridized carbons (Fsp3) is 0.294. The molecule has 8 heteroatoms. The summed E-state index contributed by atoms with van der Waals surface area (Å²) in [7, 11) is -3.70. The van der Waals surface area contributed by atoms with Gasteiger partial charge in [-0.05, 0) is 36.2 Å². The monoisotopic (exact) mass is 419 g/mol. The fourth-order valence-electron chi connectivity index (χ4n) is 2.76. The Bertz CT molecular complexity index is 877. The molecule has 3 rings (SSSR count). The highest BCUT2D eigenvalue weighted by molar-refractivity contribution is 7.99. The van der Waals surface area contributed by atoms with E-state index in [-0.39, 0.29) is 15.2 Å². The Morgan fingerprint density at radius 1 is 1.08 bits per heavy atom. The van der Waals surface area contributed by atoms with E-state index in [1.807, 2.05) is 24.3 Å². The molecule has 2 aromatic rings. The van der Waals surface area contributed by atoms with Crippen LogP contribution in [0.1, 0.15) is 17.2 Å². The third-order valence-electron chi connectivity index (χ3n) is 4.08. The van der Waals surface area contributed by atoms with E-state index in [9.17, 15) is 12.8 Å². The van der Waals surface area contributed by atoms with Crippen LogP contribution in [0.5, 0.6) is 0 Å². The number of nitrogens with zero attached hydrogens (tertiary/aromatic N) is 1. The summed E-state index contributed by atoms with van der Waals surface area (Å²) < 4.78 is 40.4. The number of benzene rings is 2. The molecule has 0 spiro atoms. The largest absolute Gasteiger partial charge is 0.243 e. The first kappa shape index (κ1) is 19.0. The third kappa shape index (κ3) is 4.14. The van der Waals surface area contributed by atoms with Crippen molar-refractivity contribution < 1.29 is 12.8 Å². The zero-order valence-electron chi connectivity index (χ0n) is 13.2. The Morgan fingerprint density at radius 2 is 1.84 bits per heavy atom. The predicted octanol–water partition coefficient (Wildman–Crippen LogP) is 5.00. The van der Waals surface area contributed by atoms with Gasteiger partial charge in [0, 0.05) is 29.1 Å². The lowest BCUT2D eigenvalue weighted by Crippen LogP contribution is -2.33. The summed E-state index contributed by atoms with van der Waals surface area (Å²) in [6.45, 7) is 0.767. The van der Waals surface area contributed by atoms with Crippen LogP contribution in [-0.4, -0.2) is 31.6 Å². The highest BCUT2D eigenvalue weighted by atomic mass is 35.5. The lowest BCUT2D eigenvalue weighted by Gasteiger charge is -2.20. The summed E-state index contributed by atoms with van der Waals surface area (Å²) in [5.41, 5.74) is 1.03. The van der Waals surface area contributed by atoms with Crippen molar-refractivity contribution in [1.82, 2.24) is 4.31 Å². The molecule has 1 saturated heterocycles. The maximum atomic E-state index is 13.3. The molecule has 1 unspecified atom stereocenters. The van der Waals surface area contributed by atoms with Gasteiger partial charge in [0.2, 0.25) is 10.0 Å². The van der Waals surface area contributed by atoms with Crippen LogP contribution < -0.4 is 0 Å². The van der Waals surface area contributed by atoms with E-state index in [1.165, 1.54) is 10.4 Å². The summed E-state index contributed by atoms with van der Waals surface area (Å²) in [6, 6.07) is 11.1. The molecular formula is C17H16Cl2FNO2S2. The van der Waals surface area contributed by atoms with E-state index in [2.05, 4.69) is 0 Å². The second kappa shape index (κ2) is 7.84. The molecule has 0 radical (unpaired) electrons. The number of thioether (sulfide) groups is 1. The molecule has 1 fully saturated rings. The van der Waals surface area contributed by atoms with Crippen molar-refractivity contribution in [2.24, 2.45) is 0 Å². The minimum Gasteiger partial charge on any atom is -0.207 e. The van der Waals surface area contributed by atoms with Crippen LogP contribution >= 0.6 is 35.0 Å². The molecule has 1 aliphatic rings. The Morgan fingerprint density at radius 3 is 2.56 bits per heavy atom. The molecule has 1 atom stereocenters. The highest BCUT2D eigenvalue weighted by Crippen LogP contribution is 2.38. The van der Waals surface area contributed by atoms with E-state index in [0.29, 0.717) is 30.3 Å². The Hall–Kier alpha value is -0.790. The highest BCUT2D eigenvalue weighted by Gasteiger charge is 2.29. The zero-order valence-corrected chi connectivity index (χ0v) is 16.3. The molecule has 0 aromatic heterocycles. The molecular weight excluding hydrogens is 404 g/mol. The van der Waals surface area contributed by atoms with Crippen molar-refractivity contribution in [3.8, 4) is 0 Å². The lowest BCUT2D eigenvalue weighted by atomic mass is 10.1. The average molecular weight is 420 g/mol. The zero-order chi connectivity index (χ0) is 18.0. The van der Waals surface area contributed by atoms with Crippen LogP contribution in [0, 0.1) is 5.82 Å². The molecule has 0 amide bonds. The van der Waals surface area contributed by atoms with Gasteiger partial charge in [-0.15, -0.1) is 0 Å². The molecule has 2 aromatic carbocycles. The number of rotatable bonds is 3. The SMILES string of the molecule is O=S(=O)(c1ccc(F)c(Cl)c1)N1CCSC(c2ccccc2Cl)CC1. The molecule has 0 aliphatic carbocycles. The first-order chi connectivity index (χ1) is 11.9. The van der Waals surface area contributed by atoms with E-state index < -0.39 is 15.8 Å². The van der Waals surface area contributed by atoms with E-state index in [0.717, 1.165) is 17.7 Å². The molecule has 0 N–H and O–H groups in total. The minimum absolute atomic E-state index is 0.0140. The van der Waals surface area contributed by atoms with Gasteiger partial charge in [0.25, 0.3) is 0 Å². The van der Waals surface area contributed by atoms with Crippen LogP contribution in [0.3, 0.4) is 0 Å². The van der Waals surface area contributed by atoms with Gasteiger partial charge >= 0.3 is 0 Å².